The Morgan fingerprint density at radius 3 is 2.61 bits per heavy atom. The summed E-state index contributed by atoms with van der Waals surface area (Å²) in [4.78, 5) is 27.6. The van der Waals surface area contributed by atoms with Crippen LogP contribution in [-0.4, -0.2) is 53.5 Å². The molecule has 1 aliphatic rings. The van der Waals surface area contributed by atoms with Gasteiger partial charge in [-0.05, 0) is 13.1 Å². The highest BCUT2D eigenvalue weighted by Gasteiger charge is 2.19. The van der Waals surface area contributed by atoms with Gasteiger partial charge in [-0.25, -0.2) is 0 Å². The molecule has 0 spiro atoms. The summed E-state index contributed by atoms with van der Waals surface area (Å²) in [5.74, 6) is -0.0317. The van der Waals surface area contributed by atoms with Gasteiger partial charge in [-0.2, -0.15) is 0 Å². The van der Waals surface area contributed by atoms with E-state index in [1.54, 1.807) is 11.0 Å². The van der Waals surface area contributed by atoms with Crippen molar-refractivity contribution in [3.63, 3.8) is 0 Å². The molecule has 0 radical (unpaired) electrons. The molecule has 0 aromatic carbocycles. The van der Waals surface area contributed by atoms with Crippen molar-refractivity contribution in [1.82, 2.24) is 14.4 Å². The van der Waals surface area contributed by atoms with Crippen LogP contribution < -0.4 is 11.3 Å². The van der Waals surface area contributed by atoms with Gasteiger partial charge in [0, 0.05) is 44.1 Å². The monoisotopic (exact) mass is 250 g/mol. The van der Waals surface area contributed by atoms with Gasteiger partial charge in [0.15, 0.2) is 0 Å². The highest BCUT2D eigenvalue weighted by atomic mass is 16.2. The Balaban J connectivity index is 2.03. The molecular formula is C12H18N4O2. The van der Waals surface area contributed by atoms with Crippen molar-refractivity contribution in [2.24, 2.45) is 0 Å². The normalized spacial score (nSPS) is 16.8. The summed E-state index contributed by atoms with van der Waals surface area (Å²) in [6.07, 6.45) is 1.51. The second-order valence-electron chi connectivity index (χ2n) is 4.61. The van der Waals surface area contributed by atoms with E-state index in [2.05, 4.69) is 4.90 Å². The minimum absolute atomic E-state index is 0.0317. The molecule has 1 saturated heterocycles. The van der Waals surface area contributed by atoms with E-state index in [0.717, 1.165) is 13.1 Å². The number of nitrogen functional groups attached to an aromatic ring is 1. The fourth-order valence-electron chi connectivity index (χ4n) is 1.97. The Hall–Kier alpha value is -1.82. The molecule has 0 bridgehead atoms. The van der Waals surface area contributed by atoms with Crippen molar-refractivity contribution in [1.29, 1.82) is 0 Å². The molecule has 1 aromatic rings. The van der Waals surface area contributed by atoms with Crippen LogP contribution in [0.3, 0.4) is 0 Å². The Labute approximate surface area is 106 Å². The van der Waals surface area contributed by atoms with Gasteiger partial charge in [-0.3, -0.25) is 9.59 Å². The number of amides is 1. The lowest BCUT2D eigenvalue weighted by Gasteiger charge is -2.32. The van der Waals surface area contributed by atoms with Crippen molar-refractivity contribution < 1.29 is 4.79 Å². The smallest absolute Gasteiger partial charge is 0.251 e. The zero-order valence-corrected chi connectivity index (χ0v) is 10.5. The Morgan fingerprint density at radius 1 is 1.28 bits per heavy atom. The predicted octanol–water partition coefficient (Wildman–Crippen LogP) is -0.795. The van der Waals surface area contributed by atoms with E-state index in [0.29, 0.717) is 18.8 Å². The topological polar surface area (TPSA) is 71.6 Å². The molecule has 0 saturated carbocycles. The van der Waals surface area contributed by atoms with Crippen LogP contribution in [0.15, 0.2) is 23.1 Å². The summed E-state index contributed by atoms with van der Waals surface area (Å²) in [5, 5.41) is 0. The molecule has 6 nitrogen and oxygen atoms in total. The molecule has 18 heavy (non-hydrogen) atoms. The highest BCUT2D eigenvalue weighted by Crippen LogP contribution is 2.02. The number of nitrogens with two attached hydrogens (primary N) is 1. The number of likely N-dealkylation sites (N-methyl/N-ethyl adjacent to an activating group) is 1. The first-order valence-electron chi connectivity index (χ1n) is 5.98. The van der Waals surface area contributed by atoms with Gasteiger partial charge in [-0.15, -0.1) is 0 Å². The number of carbonyl (C=O) groups is 1. The number of hydrogen-bond acceptors (Lipinski definition) is 4. The standard InChI is InChI=1S/C12H18N4O2/c1-14-4-6-15(7-5-14)12(18)9-16-8-10(13)2-3-11(16)17/h2-3,8H,4-7,9,13H2,1H3. The Kier molecular flexibility index (Phi) is 3.66. The first-order valence-corrected chi connectivity index (χ1v) is 5.98. The summed E-state index contributed by atoms with van der Waals surface area (Å²) in [5.41, 5.74) is 5.89. The predicted molar refractivity (Wildman–Crippen MR) is 69.2 cm³/mol. The Bertz CT molecular complexity index is 489. The number of anilines is 1. The molecule has 2 heterocycles. The van der Waals surface area contributed by atoms with Crippen molar-refractivity contribution in [3.05, 3.63) is 28.7 Å². The van der Waals surface area contributed by atoms with Crippen LogP contribution in [-0.2, 0) is 11.3 Å². The van der Waals surface area contributed by atoms with Crippen molar-refractivity contribution in [2.45, 2.75) is 6.54 Å². The first-order chi connectivity index (χ1) is 8.56. The van der Waals surface area contributed by atoms with Gasteiger partial charge in [0.2, 0.25) is 5.91 Å². The Morgan fingerprint density at radius 2 is 1.94 bits per heavy atom. The maximum Gasteiger partial charge on any atom is 0.251 e. The van der Waals surface area contributed by atoms with Gasteiger partial charge in [-0.1, -0.05) is 0 Å². The number of aromatic nitrogens is 1. The number of pyridine rings is 1. The molecule has 1 aliphatic heterocycles. The zero-order valence-electron chi connectivity index (χ0n) is 10.5. The maximum absolute atomic E-state index is 12.0. The van der Waals surface area contributed by atoms with E-state index in [1.165, 1.54) is 16.8 Å². The third-order valence-electron chi connectivity index (χ3n) is 3.17. The van der Waals surface area contributed by atoms with Crippen LogP contribution in [0.5, 0.6) is 0 Å². The van der Waals surface area contributed by atoms with Crippen LogP contribution in [0.4, 0.5) is 5.69 Å². The minimum atomic E-state index is -0.202. The van der Waals surface area contributed by atoms with Crippen molar-refractivity contribution in [3.8, 4) is 0 Å². The summed E-state index contributed by atoms with van der Waals surface area (Å²) < 4.78 is 1.36. The molecule has 1 amide bonds. The van der Waals surface area contributed by atoms with Gasteiger partial charge >= 0.3 is 0 Å². The van der Waals surface area contributed by atoms with E-state index in [-0.39, 0.29) is 18.0 Å². The molecule has 0 aliphatic carbocycles. The number of hydrogen-bond donors (Lipinski definition) is 1. The van der Waals surface area contributed by atoms with Gasteiger partial charge in [0.1, 0.15) is 6.54 Å². The fourth-order valence-corrected chi connectivity index (χ4v) is 1.97. The van der Waals surface area contributed by atoms with Crippen molar-refractivity contribution in [2.75, 3.05) is 39.0 Å². The van der Waals surface area contributed by atoms with Gasteiger partial charge < -0.3 is 20.1 Å². The summed E-state index contributed by atoms with van der Waals surface area (Å²) in [6, 6.07) is 2.92. The third-order valence-corrected chi connectivity index (χ3v) is 3.17. The quantitative estimate of drug-likeness (QED) is 0.746. The summed E-state index contributed by atoms with van der Waals surface area (Å²) in [7, 11) is 2.03. The van der Waals surface area contributed by atoms with E-state index >= 15 is 0 Å². The first kappa shape index (κ1) is 12.6. The lowest BCUT2D eigenvalue weighted by Crippen LogP contribution is -2.48. The van der Waals surface area contributed by atoms with E-state index in [1.807, 2.05) is 7.05 Å². The van der Waals surface area contributed by atoms with Crippen LogP contribution in [0.25, 0.3) is 0 Å². The number of nitrogens with zero attached hydrogens (tertiary/aromatic N) is 3. The summed E-state index contributed by atoms with van der Waals surface area (Å²) in [6.45, 7) is 3.24. The average Bonchev–Trinajstić information content (AvgIpc) is 2.34. The molecule has 0 atom stereocenters. The highest BCUT2D eigenvalue weighted by molar-refractivity contribution is 5.76. The minimum Gasteiger partial charge on any atom is -0.398 e. The van der Waals surface area contributed by atoms with E-state index in [4.69, 9.17) is 5.73 Å². The number of carbonyl (C=O) groups excluding carboxylic acids is 1. The molecule has 2 rings (SSSR count). The zero-order chi connectivity index (χ0) is 13.1. The van der Waals surface area contributed by atoms with Crippen LogP contribution in [0.1, 0.15) is 0 Å². The van der Waals surface area contributed by atoms with Crippen molar-refractivity contribution >= 4 is 11.6 Å². The SMILES string of the molecule is CN1CCN(C(=O)Cn2cc(N)ccc2=O)CC1. The average molecular weight is 250 g/mol. The molecule has 0 unspecified atom stereocenters. The maximum atomic E-state index is 12.0. The second kappa shape index (κ2) is 5.22. The molecule has 98 valence electrons. The molecule has 1 fully saturated rings. The van der Waals surface area contributed by atoms with E-state index in [9.17, 15) is 9.59 Å². The number of piperazine rings is 1. The van der Waals surface area contributed by atoms with Gasteiger partial charge in [0.25, 0.3) is 5.56 Å². The largest absolute Gasteiger partial charge is 0.398 e. The van der Waals surface area contributed by atoms with Crippen LogP contribution in [0.2, 0.25) is 0 Å². The molecule has 6 heteroatoms. The summed E-state index contributed by atoms with van der Waals surface area (Å²) >= 11 is 0. The number of rotatable bonds is 2. The molecule has 1 aromatic heterocycles. The lowest BCUT2D eigenvalue weighted by atomic mass is 10.3. The van der Waals surface area contributed by atoms with E-state index < -0.39 is 0 Å². The molecule has 2 N–H and O–H groups in total. The van der Waals surface area contributed by atoms with Gasteiger partial charge in [0.05, 0.1) is 0 Å². The fraction of sp³-hybridized carbons (Fsp3) is 0.500. The lowest BCUT2D eigenvalue weighted by molar-refractivity contribution is -0.133. The second-order valence-corrected chi connectivity index (χ2v) is 4.61. The van der Waals surface area contributed by atoms with Crippen LogP contribution >= 0.6 is 0 Å². The molecular weight excluding hydrogens is 232 g/mol. The van der Waals surface area contributed by atoms with Crippen LogP contribution in [0, 0.1) is 0 Å². The third kappa shape index (κ3) is 2.89.